The molecule has 162 valence electrons. The van der Waals surface area contributed by atoms with Gasteiger partial charge in [0, 0.05) is 32.8 Å². The average molecular weight is 505 g/mol. The molecule has 1 atom stereocenters. The molecular weight excluding hydrogens is 465 g/mol. The van der Waals surface area contributed by atoms with Crippen molar-refractivity contribution in [2.24, 2.45) is 16.3 Å². The first kappa shape index (κ1) is 22.6. The van der Waals surface area contributed by atoms with Crippen LogP contribution in [0.4, 0.5) is 0 Å². The zero-order chi connectivity index (χ0) is 18.5. The maximum Gasteiger partial charge on any atom is 0.193 e. The Morgan fingerprint density at radius 2 is 1.89 bits per heavy atom. The fourth-order valence-corrected chi connectivity index (χ4v) is 5.10. The molecule has 0 radical (unpaired) electrons. The third-order valence-electron chi connectivity index (χ3n) is 7.20. The molecule has 6 heteroatoms. The summed E-state index contributed by atoms with van der Waals surface area (Å²) in [6, 6.07) is 0. The van der Waals surface area contributed by atoms with Gasteiger partial charge in [0.15, 0.2) is 5.96 Å². The van der Waals surface area contributed by atoms with E-state index in [1.165, 1.54) is 51.4 Å². The third-order valence-corrected chi connectivity index (χ3v) is 7.20. The maximum absolute atomic E-state index is 6.18. The number of nitrogens with one attached hydrogen (secondary N) is 1. The summed E-state index contributed by atoms with van der Waals surface area (Å²) < 4.78 is 12.0. The maximum atomic E-state index is 6.18. The van der Waals surface area contributed by atoms with Gasteiger partial charge in [-0.2, -0.15) is 0 Å². The first-order valence-electron chi connectivity index (χ1n) is 11.6. The van der Waals surface area contributed by atoms with E-state index in [0.717, 1.165) is 64.1 Å². The Balaban J connectivity index is 0.00000225. The summed E-state index contributed by atoms with van der Waals surface area (Å²) in [7, 11) is 0. The van der Waals surface area contributed by atoms with Gasteiger partial charge in [-0.1, -0.05) is 6.42 Å². The van der Waals surface area contributed by atoms with Gasteiger partial charge in [-0.25, -0.2) is 0 Å². The predicted octanol–water partition coefficient (Wildman–Crippen LogP) is 4.20. The number of likely N-dealkylation sites (tertiary alicyclic amines) is 1. The van der Waals surface area contributed by atoms with Crippen LogP contribution in [0, 0.1) is 11.3 Å². The number of hydrogen-bond acceptors (Lipinski definition) is 3. The highest BCUT2D eigenvalue weighted by Gasteiger charge is 2.48. The summed E-state index contributed by atoms with van der Waals surface area (Å²) in [5, 5.41) is 3.55. The smallest absolute Gasteiger partial charge is 0.193 e. The average Bonchev–Trinajstić information content (AvgIpc) is 3.51. The SMILES string of the molecule is CCNC(=NCC1(C2CC2)CCC1)N1CCC(OCC2CCCCO2)CC1.I. The standard InChI is InChI=1S/C22H39N3O2.HI/c1-2-23-21(24-17-22(11-5-12-22)18-7-8-18)25-13-9-19(10-14-25)27-16-20-6-3-4-15-26-20;/h18-20H,2-17H2,1H3,(H,23,24);1H. The second kappa shape index (κ2) is 10.8. The Morgan fingerprint density at radius 3 is 2.46 bits per heavy atom. The van der Waals surface area contributed by atoms with Crippen molar-refractivity contribution in [3.8, 4) is 0 Å². The molecule has 4 aliphatic rings. The third kappa shape index (κ3) is 5.75. The lowest BCUT2D eigenvalue weighted by Gasteiger charge is -2.42. The lowest BCUT2D eigenvalue weighted by atomic mass is 9.65. The number of piperidine rings is 1. The summed E-state index contributed by atoms with van der Waals surface area (Å²) in [4.78, 5) is 7.57. The minimum Gasteiger partial charge on any atom is -0.376 e. The van der Waals surface area contributed by atoms with E-state index in [4.69, 9.17) is 14.5 Å². The van der Waals surface area contributed by atoms with Gasteiger partial charge in [-0.05, 0) is 76.0 Å². The molecule has 0 aromatic heterocycles. The highest BCUT2D eigenvalue weighted by atomic mass is 127. The van der Waals surface area contributed by atoms with Crippen molar-refractivity contribution in [1.82, 2.24) is 10.2 Å². The topological polar surface area (TPSA) is 46.1 Å². The van der Waals surface area contributed by atoms with Crippen LogP contribution in [-0.4, -0.2) is 62.5 Å². The molecule has 2 heterocycles. The highest BCUT2D eigenvalue weighted by Crippen LogP contribution is 2.57. The molecule has 4 fully saturated rings. The number of aliphatic imine (C=N–C) groups is 1. The number of ether oxygens (including phenoxy) is 2. The second-order valence-electron chi connectivity index (χ2n) is 9.17. The van der Waals surface area contributed by atoms with Gasteiger partial charge in [0.05, 0.1) is 18.8 Å². The fourth-order valence-electron chi connectivity index (χ4n) is 5.10. The molecule has 4 rings (SSSR count). The highest BCUT2D eigenvalue weighted by molar-refractivity contribution is 14.0. The van der Waals surface area contributed by atoms with Crippen molar-refractivity contribution >= 4 is 29.9 Å². The predicted molar refractivity (Wildman–Crippen MR) is 125 cm³/mol. The van der Waals surface area contributed by atoms with Crippen LogP contribution in [0.15, 0.2) is 4.99 Å². The van der Waals surface area contributed by atoms with Crippen LogP contribution in [-0.2, 0) is 9.47 Å². The summed E-state index contributed by atoms with van der Waals surface area (Å²) in [5.74, 6) is 2.11. The second-order valence-corrected chi connectivity index (χ2v) is 9.17. The van der Waals surface area contributed by atoms with Crippen LogP contribution < -0.4 is 5.32 Å². The Bertz CT molecular complexity index is 494. The van der Waals surface area contributed by atoms with Gasteiger partial charge < -0.3 is 19.7 Å². The lowest BCUT2D eigenvalue weighted by Crippen LogP contribution is -2.48. The molecule has 0 aromatic rings. The Labute approximate surface area is 188 Å². The number of guanidine groups is 1. The van der Waals surface area contributed by atoms with Crippen molar-refractivity contribution in [3.05, 3.63) is 0 Å². The molecule has 1 N–H and O–H groups in total. The molecule has 0 amide bonds. The van der Waals surface area contributed by atoms with Crippen LogP contribution in [0.1, 0.15) is 71.1 Å². The number of rotatable bonds is 7. The normalized spacial score (nSPS) is 28.4. The lowest BCUT2D eigenvalue weighted by molar-refractivity contribution is -0.0721. The van der Waals surface area contributed by atoms with E-state index in [-0.39, 0.29) is 24.0 Å². The Morgan fingerprint density at radius 1 is 1.11 bits per heavy atom. The zero-order valence-electron chi connectivity index (χ0n) is 17.7. The first-order valence-corrected chi connectivity index (χ1v) is 11.6. The molecule has 2 saturated heterocycles. The van der Waals surface area contributed by atoms with Gasteiger partial charge in [0.1, 0.15) is 0 Å². The van der Waals surface area contributed by atoms with Crippen LogP contribution >= 0.6 is 24.0 Å². The molecule has 5 nitrogen and oxygen atoms in total. The molecular formula is C22H40IN3O2. The number of nitrogens with zero attached hydrogens (tertiary/aromatic N) is 2. The van der Waals surface area contributed by atoms with Crippen molar-refractivity contribution in [2.45, 2.75) is 83.3 Å². The van der Waals surface area contributed by atoms with Crippen molar-refractivity contribution in [3.63, 3.8) is 0 Å². The molecule has 2 aliphatic carbocycles. The van der Waals surface area contributed by atoms with E-state index in [0.29, 0.717) is 17.6 Å². The van der Waals surface area contributed by atoms with Crippen LogP contribution in [0.2, 0.25) is 0 Å². The summed E-state index contributed by atoms with van der Waals surface area (Å²) >= 11 is 0. The van der Waals surface area contributed by atoms with Crippen LogP contribution in [0.25, 0.3) is 0 Å². The summed E-state index contributed by atoms with van der Waals surface area (Å²) in [6.45, 7) is 7.96. The van der Waals surface area contributed by atoms with Crippen molar-refractivity contribution in [1.29, 1.82) is 0 Å². The molecule has 0 aromatic carbocycles. The summed E-state index contributed by atoms with van der Waals surface area (Å²) in [6.07, 6.45) is 13.7. The Kier molecular flexibility index (Phi) is 8.72. The van der Waals surface area contributed by atoms with E-state index >= 15 is 0 Å². The molecule has 2 saturated carbocycles. The Hall–Kier alpha value is -0.0800. The van der Waals surface area contributed by atoms with E-state index in [9.17, 15) is 0 Å². The largest absolute Gasteiger partial charge is 0.376 e. The van der Waals surface area contributed by atoms with E-state index < -0.39 is 0 Å². The van der Waals surface area contributed by atoms with Crippen molar-refractivity contribution < 1.29 is 9.47 Å². The molecule has 2 aliphatic heterocycles. The van der Waals surface area contributed by atoms with E-state index in [1.54, 1.807) is 0 Å². The molecule has 0 bridgehead atoms. The molecule has 28 heavy (non-hydrogen) atoms. The number of hydrogen-bond donors (Lipinski definition) is 1. The minimum absolute atomic E-state index is 0. The van der Waals surface area contributed by atoms with Gasteiger partial charge >= 0.3 is 0 Å². The fraction of sp³-hybridized carbons (Fsp3) is 0.955. The van der Waals surface area contributed by atoms with Gasteiger partial charge in [0.2, 0.25) is 0 Å². The quantitative estimate of drug-likeness (QED) is 0.320. The van der Waals surface area contributed by atoms with Crippen molar-refractivity contribution in [2.75, 3.05) is 39.4 Å². The first-order chi connectivity index (χ1) is 13.3. The summed E-state index contributed by atoms with van der Waals surface area (Å²) in [5.41, 5.74) is 0.558. The van der Waals surface area contributed by atoms with Crippen LogP contribution in [0.3, 0.4) is 0 Å². The zero-order valence-corrected chi connectivity index (χ0v) is 20.0. The molecule has 0 spiro atoms. The van der Waals surface area contributed by atoms with Crippen LogP contribution in [0.5, 0.6) is 0 Å². The van der Waals surface area contributed by atoms with Gasteiger partial charge in [-0.15, -0.1) is 24.0 Å². The number of halogens is 1. The van der Waals surface area contributed by atoms with E-state index in [2.05, 4.69) is 17.1 Å². The molecule has 1 unspecified atom stereocenters. The monoisotopic (exact) mass is 505 g/mol. The van der Waals surface area contributed by atoms with Gasteiger partial charge in [0.25, 0.3) is 0 Å². The van der Waals surface area contributed by atoms with Gasteiger partial charge in [-0.3, -0.25) is 4.99 Å². The minimum atomic E-state index is 0. The van der Waals surface area contributed by atoms with E-state index in [1.807, 2.05) is 0 Å².